The molecular formula is C15H22N4O3. The normalized spacial score (nSPS) is 36.9. The van der Waals surface area contributed by atoms with Crippen LogP contribution in [0.2, 0.25) is 0 Å². The van der Waals surface area contributed by atoms with Crippen LogP contribution in [-0.2, 0) is 4.74 Å². The first-order chi connectivity index (χ1) is 10.6. The van der Waals surface area contributed by atoms with Gasteiger partial charge in [-0.3, -0.25) is 0 Å². The molecule has 2 heterocycles. The molecule has 1 aromatic heterocycles. The third kappa shape index (κ3) is 1.95. The highest BCUT2D eigenvalue weighted by Crippen LogP contribution is 2.55. The predicted molar refractivity (Wildman–Crippen MR) is 77.0 cm³/mol. The molecule has 3 fully saturated rings. The van der Waals surface area contributed by atoms with Crippen LogP contribution in [0.15, 0.2) is 4.52 Å². The third-order valence-electron chi connectivity index (χ3n) is 5.60. The number of methoxy groups -OCH3 is 1. The van der Waals surface area contributed by atoms with Crippen molar-refractivity contribution in [1.82, 2.24) is 20.4 Å². The SMILES string of the molecule is COC1C2CC3CN(C(=O)NC(C)c4nc(C)no4)C1C3C2. The van der Waals surface area contributed by atoms with Crippen LogP contribution in [0, 0.1) is 24.7 Å². The Morgan fingerprint density at radius 1 is 1.45 bits per heavy atom. The number of hydrogen-bond donors (Lipinski definition) is 1. The van der Waals surface area contributed by atoms with Crippen molar-refractivity contribution < 1.29 is 14.1 Å². The zero-order valence-corrected chi connectivity index (χ0v) is 13.2. The van der Waals surface area contributed by atoms with E-state index in [0.29, 0.717) is 29.5 Å². The van der Waals surface area contributed by atoms with E-state index in [-0.39, 0.29) is 24.2 Å². The summed E-state index contributed by atoms with van der Waals surface area (Å²) < 4.78 is 10.8. The maximum Gasteiger partial charge on any atom is 0.318 e. The van der Waals surface area contributed by atoms with Crippen LogP contribution >= 0.6 is 0 Å². The molecule has 2 saturated carbocycles. The average Bonchev–Trinajstić information content (AvgIpc) is 3.18. The molecule has 7 heteroatoms. The van der Waals surface area contributed by atoms with Gasteiger partial charge in [-0.25, -0.2) is 4.79 Å². The number of aryl methyl sites for hydroxylation is 1. The summed E-state index contributed by atoms with van der Waals surface area (Å²) >= 11 is 0. The molecule has 1 N–H and O–H groups in total. The van der Waals surface area contributed by atoms with Gasteiger partial charge in [0, 0.05) is 13.7 Å². The van der Waals surface area contributed by atoms with Crippen LogP contribution < -0.4 is 5.32 Å². The smallest absolute Gasteiger partial charge is 0.318 e. The fourth-order valence-electron chi connectivity index (χ4n) is 4.77. The summed E-state index contributed by atoms with van der Waals surface area (Å²) in [4.78, 5) is 18.8. The minimum absolute atomic E-state index is 0.0505. The lowest BCUT2D eigenvalue weighted by Gasteiger charge is -2.31. The second kappa shape index (κ2) is 4.94. The van der Waals surface area contributed by atoms with Crippen LogP contribution in [0.1, 0.15) is 37.5 Å². The molecule has 4 rings (SSSR count). The summed E-state index contributed by atoms with van der Waals surface area (Å²) in [6.07, 6.45) is 2.59. The van der Waals surface area contributed by atoms with Crippen LogP contribution in [0.4, 0.5) is 4.79 Å². The summed E-state index contributed by atoms with van der Waals surface area (Å²) in [5.41, 5.74) is 0. The van der Waals surface area contributed by atoms with E-state index < -0.39 is 0 Å². The highest BCUT2D eigenvalue weighted by atomic mass is 16.5. The monoisotopic (exact) mass is 306 g/mol. The quantitative estimate of drug-likeness (QED) is 0.915. The van der Waals surface area contributed by atoms with E-state index in [1.807, 2.05) is 11.8 Å². The Labute approximate surface area is 129 Å². The van der Waals surface area contributed by atoms with Crippen molar-refractivity contribution in [2.45, 2.75) is 44.9 Å². The van der Waals surface area contributed by atoms with Crippen LogP contribution in [0.25, 0.3) is 0 Å². The van der Waals surface area contributed by atoms with Crippen molar-refractivity contribution in [3.63, 3.8) is 0 Å². The van der Waals surface area contributed by atoms with E-state index in [9.17, 15) is 4.79 Å². The number of likely N-dealkylation sites (tertiary alicyclic amines) is 1. The summed E-state index contributed by atoms with van der Waals surface area (Å²) in [5.74, 6) is 2.91. The second-order valence-corrected chi connectivity index (χ2v) is 6.85. The first-order valence-corrected chi connectivity index (χ1v) is 7.98. The van der Waals surface area contributed by atoms with Gasteiger partial charge in [-0.1, -0.05) is 5.16 Å². The Bertz CT molecular complexity index is 587. The molecule has 120 valence electrons. The van der Waals surface area contributed by atoms with Gasteiger partial charge < -0.3 is 19.5 Å². The van der Waals surface area contributed by atoms with E-state index in [2.05, 4.69) is 15.5 Å². The highest BCUT2D eigenvalue weighted by molar-refractivity contribution is 5.75. The molecule has 7 nitrogen and oxygen atoms in total. The molecule has 22 heavy (non-hydrogen) atoms. The number of aromatic nitrogens is 2. The Hall–Kier alpha value is -1.63. The number of nitrogens with one attached hydrogen (secondary N) is 1. The predicted octanol–water partition coefficient (Wildman–Crippen LogP) is 1.50. The van der Waals surface area contributed by atoms with Gasteiger partial charge in [0.1, 0.15) is 6.04 Å². The van der Waals surface area contributed by atoms with E-state index in [1.165, 1.54) is 12.8 Å². The van der Waals surface area contributed by atoms with Crippen molar-refractivity contribution in [3.05, 3.63) is 11.7 Å². The van der Waals surface area contributed by atoms with Gasteiger partial charge >= 0.3 is 6.03 Å². The summed E-state index contributed by atoms with van der Waals surface area (Å²) in [5, 5.41) is 6.75. The zero-order valence-electron chi connectivity index (χ0n) is 13.2. The number of carbonyl (C=O) groups excluding carboxylic acids is 1. The van der Waals surface area contributed by atoms with Gasteiger partial charge in [0.25, 0.3) is 0 Å². The van der Waals surface area contributed by atoms with Crippen LogP contribution in [-0.4, -0.2) is 46.9 Å². The molecule has 2 amide bonds. The maximum atomic E-state index is 12.7. The minimum atomic E-state index is -0.287. The first-order valence-electron chi connectivity index (χ1n) is 7.98. The van der Waals surface area contributed by atoms with Crippen molar-refractivity contribution in [2.24, 2.45) is 17.8 Å². The highest BCUT2D eigenvalue weighted by Gasteiger charge is 2.60. The van der Waals surface area contributed by atoms with Gasteiger partial charge in [0.05, 0.1) is 12.1 Å². The van der Waals surface area contributed by atoms with Gasteiger partial charge in [-0.15, -0.1) is 0 Å². The number of nitrogens with zero attached hydrogens (tertiary/aromatic N) is 3. The number of hydrogen-bond acceptors (Lipinski definition) is 5. The molecule has 0 spiro atoms. The van der Waals surface area contributed by atoms with Gasteiger partial charge in [-0.2, -0.15) is 4.98 Å². The van der Waals surface area contributed by atoms with E-state index in [1.54, 1.807) is 14.0 Å². The number of urea groups is 1. The minimum Gasteiger partial charge on any atom is -0.379 e. The van der Waals surface area contributed by atoms with E-state index in [0.717, 1.165) is 6.54 Å². The molecule has 6 atom stereocenters. The molecule has 3 aliphatic rings. The van der Waals surface area contributed by atoms with Crippen molar-refractivity contribution in [1.29, 1.82) is 0 Å². The first kappa shape index (κ1) is 14.0. The van der Waals surface area contributed by atoms with Gasteiger partial charge in [0.15, 0.2) is 5.82 Å². The van der Waals surface area contributed by atoms with Gasteiger partial charge in [0.2, 0.25) is 5.89 Å². The lowest BCUT2D eigenvalue weighted by molar-refractivity contribution is 0.0187. The van der Waals surface area contributed by atoms with Crippen LogP contribution in [0.5, 0.6) is 0 Å². The molecule has 1 aliphatic heterocycles. The maximum absolute atomic E-state index is 12.7. The standard InChI is InChI=1S/C15H22N4O3/c1-7(14-17-8(2)18-22-14)16-15(20)19-6-10-4-9-5-11(10)12(19)13(9)21-3/h7,9-13H,4-6H2,1-3H3,(H,16,20). The molecular weight excluding hydrogens is 284 g/mol. The van der Waals surface area contributed by atoms with E-state index >= 15 is 0 Å². The average molecular weight is 306 g/mol. The Morgan fingerprint density at radius 3 is 2.95 bits per heavy atom. The molecule has 1 aromatic rings. The largest absolute Gasteiger partial charge is 0.379 e. The molecule has 2 aliphatic carbocycles. The Morgan fingerprint density at radius 2 is 2.27 bits per heavy atom. The number of amides is 2. The number of fused-ring (bicyclic) bond motifs is 1. The number of carbonyl (C=O) groups is 1. The third-order valence-corrected chi connectivity index (χ3v) is 5.60. The summed E-state index contributed by atoms with van der Waals surface area (Å²) in [6, 6.07) is -0.110. The number of rotatable bonds is 3. The lowest BCUT2D eigenvalue weighted by atomic mass is 9.88. The zero-order chi connectivity index (χ0) is 15.4. The number of ether oxygens (including phenoxy) is 1. The summed E-state index contributed by atoms with van der Waals surface area (Å²) in [6.45, 7) is 4.47. The van der Waals surface area contributed by atoms with Crippen molar-refractivity contribution in [3.8, 4) is 0 Å². The molecule has 2 bridgehead atoms. The van der Waals surface area contributed by atoms with Crippen LogP contribution in [0.3, 0.4) is 0 Å². The second-order valence-electron chi connectivity index (χ2n) is 6.85. The topological polar surface area (TPSA) is 80.5 Å². The van der Waals surface area contributed by atoms with Crippen molar-refractivity contribution >= 4 is 6.03 Å². The Balaban J connectivity index is 1.47. The Kier molecular flexibility index (Phi) is 3.14. The molecule has 6 unspecified atom stereocenters. The lowest BCUT2D eigenvalue weighted by Crippen LogP contribution is -2.49. The fourth-order valence-corrected chi connectivity index (χ4v) is 4.77. The summed E-state index contributed by atoms with van der Waals surface area (Å²) in [7, 11) is 1.76. The fraction of sp³-hybridized carbons (Fsp3) is 0.800. The molecule has 0 aromatic carbocycles. The molecule has 1 saturated heterocycles. The van der Waals surface area contributed by atoms with Gasteiger partial charge in [-0.05, 0) is 44.4 Å². The molecule has 0 radical (unpaired) electrons. The van der Waals surface area contributed by atoms with E-state index in [4.69, 9.17) is 9.26 Å². The van der Waals surface area contributed by atoms with Crippen molar-refractivity contribution in [2.75, 3.05) is 13.7 Å².